The van der Waals surface area contributed by atoms with Gasteiger partial charge in [0.2, 0.25) is 0 Å². The van der Waals surface area contributed by atoms with Gasteiger partial charge >= 0.3 is 5.97 Å². The second kappa shape index (κ2) is 6.16. The van der Waals surface area contributed by atoms with Gasteiger partial charge < -0.3 is 9.94 Å². The molecule has 0 atom stereocenters. The van der Waals surface area contributed by atoms with Crippen molar-refractivity contribution in [2.75, 3.05) is 0 Å². The van der Waals surface area contributed by atoms with Crippen molar-refractivity contribution in [2.45, 2.75) is 83.9 Å². The van der Waals surface area contributed by atoms with Crippen molar-refractivity contribution >= 4 is 5.97 Å². The predicted molar refractivity (Wildman–Crippen MR) is 95.4 cm³/mol. The molecule has 0 aliphatic carbocycles. The van der Waals surface area contributed by atoms with Crippen LogP contribution in [0.2, 0.25) is 0 Å². The smallest absolute Gasteiger partial charge is 0.338 e. The summed E-state index contributed by atoms with van der Waals surface area (Å²) in [7, 11) is 0. The van der Waals surface area contributed by atoms with E-state index < -0.39 is 11.1 Å². The maximum absolute atomic E-state index is 12.5. The van der Waals surface area contributed by atoms with Crippen LogP contribution in [0.3, 0.4) is 0 Å². The third kappa shape index (κ3) is 3.98. The van der Waals surface area contributed by atoms with Crippen LogP contribution < -0.4 is 0 Å². The van der Waals surface area contributed by atoms with Crippen LogP contribution in [0.4, 0.5) is 0 Å². The molecule has 1 heterocycles. The lowest BCUT2D eigenvalue weighted by atomic mass is 9.80. The number of carbonyl (C=O) groups is 1. The van der Waals surface area contributed by atoms with E-state index in [-0.39, 0.29) is 17.5 Å². The molecule has 0 radical (unpaired) electrons. The van der Waals surface area contributed by atoms with E-state index in [9.17, 15) is 10.0 Å². The zero-order valence-corrected chi connectivity index (χ0v) is 16.0. The number of piperidine rings is 1. The number of hydroxylamine groups is 2. The molecule has 1 aromatic carbocycles. The van der Waals surface area contributed by atoms with E-state index in [4.69, 9.17) is 4.74 Å². The van der Waals surface area contributed by atoms with Gasteiger partial charge in [0.25, 0.3) is 0 Å². The molecule has 0 saturated carbocycles. The van der Waals surface area contributed by atoms with Crippen LogP contribution in [0, 0.1) is 0 Å². The number of nitrogens with zero attached hydrogens (tertiary/aromatic N) is 1. The molecular weight excluding hydrogens is 302 g/mol. The van der Waals surface area contributed by atoms with Crippen molar-refractivity contribution in [1.82, 2.24) is 5.06 Å². The third-order valence-electron chi connectivity index (χ3n) is 4.86. The highest BCUT2D eigenvalue weighted by molar-refractivity contribution is 5.89. The van der Waals surface area contributed by atoms with E-state index >= 15 is 0 Å². The first-order chi connectivity index (χ1) is 10.8. The molecule has 24 heavy (non-hydrogen) atoms. The lowest BCUT2D eigenvalue weighted by Gasteiger charge is -2.50. The number of benzene rings is 1. The predicted octanol–water partition coefficient (Wildman–Crippen LogP) is 4.55. The molecule has 1 fully saturated rings. The van der Waals surface area contributed by atoms with Gasteiger partial charge in [-0.3, -0.25) is 0 Å². The largest absolute Gasteiger partial charge is 0.459 e. The summed E-state index contributed by atoms with van der Waals surface area (Å²) < 4.78 is 5.75. The van der Waals surface area contributed by atoms with Gasteiger partial charge in [-0.1, -0.05) is 32.9 Å². The third-order valence-corrected chi connectivity index (χ3v) is 4.86. The molecule has 1 saturated heterocycles. The van der Waals surface area contributed by atoms with Crippen LogP contribution in [-0.4, -0.2) is 33.4 Å². The minimum absolute atomic E-state index is 0.0600. The van der Waals surface area contributed by atoms with Crippen LogP contribution in [-0.2, 0) is 10.2 Å². The molecule has 2 rings (SSSR count). The van der Waals surface area contributed by atoms with E-state index in [0.717, 1.165) is 0 Å². The Morgan fingerprint density at radius 3 is 1.96 bits per heavy atom. The molecule has 0 amide bonds. The normalized spacial score (nSPS) is 21.5. The quantitative estimate of drug-likeness (QED) is 0.807. The standard InChI is InChI=1S/C20H31NO3/c1-18(2,3)15-10-8-14(9-11-15)17(22)24-16-12-19(4,5)21(23)20(6,7)13-16/h8-11,16,23H,12-13H2,1-7H3. The van der Waals surface area contributed by atoms with Gasteiger partial charge in [-0.15, -0.1) is 0 Å². The number of hydrogen-bond donors (Lipinski definition) is 1. The van der Waals surface area contributed by atoms with Crippen molar-refractivity contribution in [3.05, 3.63) is 35.4 Å². The second-order valence-corrected chi connectivity index (χ2v) is 9.20. The second-order valence-electron chi connectivity index (χ2n) is 9.20. The molecule has 0 unspecified atom stereocenters. The lowest BCUT2D eigenvalue weighted by molar-refractivity contribution is -0.256. The van der Waals surface area contributed by atoms with Crippen LogP contribution in [0.1, 0.15) is 77.2 Å². The van der Waals surface area contributed by atoms with Gasteiger partial charge in [-0.25, -0.2) is 4.79 Å². The molecular formula is C20H31NO3. The molecule has 4 heteroatoms. The highest BCUT2D eigenvalue weighted by Crippen LogP contribution is 2.38. The van der Waals surface area contributed by atoms with Crippen molar-refractivity contribution < 1.29 is 14.7 Å². The molecule has 134 valence electrons. The summed E-state index contributed by atoms with van der Waals surface area (Å²) in [6, 6.07) is 7.64. The van der Waals surface area contributed by atoms with E-state index in [1.165, 1.54) is 10.6 Å². The highest BCUT2D eigenvalue weighted by Gasteiger charge is 2.46. The summed E-state index contributed by atoms with van der Waals surface area (Å²) in [6.45, 7) is 14.3. The Balaban J connectivity index is 2.10. The van der Waals surface area contributed by atoms with Crippen molar-refractivity contribution in [3.63, 3.8) is 0 Å². The first-order valence-corrected chi connectivity index (χ1v) is 8.64. The topological polar surface area (TPSA) is 49.8 Å². The van der Waals surface area contributed by atoms with Gasteiger partial charge in [-0.05, 0) is 50.8 Å². The summed E-state index contributed by atoms with van der Waals surface area (Å²) in [5, 5.41) is 11.7. The van der Waals surface area contributed by atoms with Crippen LogP contribution in [0.5, 0.6) is 0 Å². The molecule has 1 aromatic rings. The Morgan fingerprint density at radius 1 is 1.08 bits per heavy atom. The number of carbonyl (C=O) groups excluding carboxylic acids is 1. The molecule has 1 N–H and O–H groups in total. The first-order valence-electron chi connectivity index (χ1n) is 8.64. The van der Waals surface area contributed by atoms with Gasteiger partial charge in [0.1, 0.15) is 6.10 Å². The first kappa shape index (κ1) is 18.9. The average molecular weight is 333 g/mol. The van der Waals surface area contributed by atoms with Gasteiger partial charge in [0.15, 0.2) is 0 Å². The number of hydrogen-bond acceptors (Lipinski definition) is 4. The lowest BCUT2D eigenvalue weighted by Crippen LogP contribution is -2.60. The Bertz CT molecular complexity index is 578. The maximum atomic E-state index is 12.5. The maximum Gasteiger partial charge on any atom is 0.338 e. The monoisotopic (exact) mass is 333 g/mol. The summed E-state index contributed by atoms with van der Waals surface area (Å²) in [5.41, 5.74) is 0.968. The fourth-order valence-electron chi connectivity index (χ4n) is 3.59. The van der Waals surface area contributed by atoms with Crippen LogP contribution in [0.15, 0.2) is 24.3 Å². The van der Waals surface area contributed by atoms with Crippen molar-refractivity contribution in [3.8, 4) is 0 Å². The molecule has 0 spiro atoms. The molecule has 4 nitrogen and oxygen atoms in total. The average Bonchev–Trinajstić information content (AvgIpc) is 2.43. The number of ether oxygens (including phenoxy) is 1. The number of rotatable bonds is 2. The van der Waals surface area contributed by atoms with Crippen LogP contribution >= 0.6 is 0 Å². The van der Waals surface area contributed by atoms with Crippen molar-refractivity contribution in [1.29, 1.82) is 0 Å². The fraction of sp³-hybridized carbons (Fsp3) is 0.650. The van der Waals surface area contributed by atoms with Crippen molar-refractivity contribution in [2.24, 2.45) is 0 Å². The summed E-state index contributed by atoms with van der Waals surface area (Å²) in [5.74, 6) is -0.293. The molecule has 1 aliphatic heterocycles. The number of esters is 1. The summed E-state index contributed by atoms with van der Waals surface area (Å²) in [4.78, 5) is 12.5. The summed E-state index contributed by atoms with van der Waals surface area (Å²) >= 11 is 0. The van der Waals surface area contributed by atoms with Gasteiger partial charge in [0, 0.05) is 23.9 Å². The van der Waals surface area contributed by atoms with Crippen LogP contribution in [0.25, 0.3) is 0 Å². The minimum Gasteiger partial charge on any atom is -0.459 e. The van der Waals surface area contributed by atoms with E-state index in [0.29, 0.717) is 18.4 Å². The summed E-state index contributed by atoms with van der Waals surface area (Å²) in [6.07, 6.45) is 1.02. The minimum atomic E-state index is -0.428. The molecule has 0 aromatic heterocycles. The van der Waals surface area contributed by atoms with E-state index in [1.54, 1.807) is 0 Å². The zero-order valence-electron chi connectivity index (χ0n) is 16.0. The Hall–Kier alpha value is -1.39. The van der Waals surface area contributed by atoms with Gasteiger partial charge in [-0.2, -0.15) is 5.06 Å². The Labute approximate surface area is 145 Å². The highest BCUT2D eigenvalue weighted by atomic mass is 16.5. The molecule has 1 aliphatic rings. The fourth-order valence-corrected chi connectivity index (χ4v) is 3.59. The SMILES string of the molecule is CC(C)(C)c1ccc(C(=O)OC2CC(C)(C)N(O)C(C)(C)C2)cc1. The Morgan fingerprint density at radius 2 is 1.54 bits per heavy atom. The van der Waals surface area contributed by atoms with Gasteiger partial charge in [0.05, 0.1) is 5.56 Å². The molecule has 0 bridgehead atoms. The Kier molecular flexibility index (Phi) is 4.86. The van der Waals surface area contributed by atoms with E-state index in [1.807, 2.05) is 52.0 Å². The zero-order chi connectivity index (χ0) is 18.3. The van der Waals surface area contributed by atoms with E-state index in [2.05, 4.69) is 20.8 Å².